The number of hydrogen-bond donors (Lipinski definition) is 1. The summed E-state index contributed by atoms with van der Waals surface area (Å²) in [5.74, 6) is -0.374. The van der Waals surface area contributed by atoms with Gasteiger partial charge >= 0.3 is 0 Å². The minimum absolute atomic E-state index is 0.0600. The summed E-state index contributed by atoms with van der Waals surface area (Å²) >= 11 is 0. The van der Waals surface area contributed by atoms with Gasteiger partial charge in [-0.15, -0.1) is 0 Å². The van der Waals surface area contributed by atoms with Gasteiger partial charge in [-0.3, -0.25) is 4.72 Å². The second-order valence-electron chi connectivity index (χ2n) is 4.49. The van der Waals surface area contributed by atoms with E-state index in [0.717, 1.165) is 0 Å². The van der Waals surface area contributed by atoms with Crippen molar-refractivity contribution in [2.24, 2.45) is 0 Å². The molecule has 1 aliphatic rings. The Labute approximate surface area is 126 Å². The Bertz CT molecular complexity index is 829. The molecule has 0 fully saturated rings. The highest BCUT2D eigenvalue weighted by Crippen LogP contribution is 2.34. The highest BCUT2D eigenvalue weighted by Gasteiger charge is 2.18. The quantitative estimate of drug-likeness (QED) is 0.883. The molecule has 1 heterocycles. The number of rotatable bonds is 4. The van der Waals surface area contributed by atoms with E-state index in [9.17, 15) is 18.3 Å². The number of ether oxygens (including phenoxy) is 2. The van der Waals surface area contributed by atoms with Crippen LogP contribution in [0.1, 0.15) is 10.4 Å². The van der Waals surface area contributed by atoms with Gasteiger partial charge in [0, 0.05) is 6.07 Å². The highest BCUT2D eigenvalue weighted by molar-refractivity contribution is 7.92. The van der Waals surface area contributed by atoms with Gasteiger partial charge in [0.1, 0.15) is 0 Å². The standard InChI is InChI=1S/C14H11NO6S/c16-14(17)9-1-4-11(5-2-9)22(18,19)15-10-3-6-12-13(7-10)21-8-20-12/h1-7,15H,8H2,(H,16,17)/p-1. The van der Waals surface area contributed by atoms with E-state index in [4.69, 9.17) is 9.47 Å². The molecule has 0 atom stereocenters. The fourth-order valence-corrected chi connectivity index (χ4v) is 2.99. The molecule has 0 radical (unpaired) electrons. The Hall–Kier alpha value is -2.74. The maximum Gasteiger partial charge on any atom is 0.261 e. The van der Waals surface area contributed by atoms with Crippen molar-refractivity contribution < 1.29 is 27.8 Å². The van der Waals surface area contributed by atoms with Gasteiger partial charge in [0.2, 0.25) is 6.79 Å². The molecular weight excluding hydrogens is 310 g/mol. The highest BCUT2D eigenvalue weighted by atomic mass is 32.2. The molecule has 0 saturated heterocycles. The molecule has 8 heteroatoms. The summed E-state index contributed by atoms with van der Waals surface area (Å²) in [5.41, 5.74) is 0.218. The first kappa shape index (κ1) is 14.2. The first-order valence-corrected chi connectivity index (χ1v) is 7.68. The Morgan fingerprint density at radius 3 is 2.41 bits per heavy atom. The van der Waals surface area contributed by atoms with Crippen LogP contribution in [0.25, 0.3) is 0 Å². The van der Waals surface area contributed by atoms with Gasteiger partial charge in [0.25, 0.3) is 10.0 Å². The molecule has 7 nitrogen and oxygen atoms in total. The second-order valence-corrected chi connectivity index (χ2v) is 6.17. The zero-order valence-corrected chi connectivity index (χ0v) is 11.9. The lowest BCUT2D eigenvalue weighted by Gasteiger charge is -2.09. The van der Waals surface area contributed by atoms with Crippen molar-refractivity contribution in [3.63, 3.8) is 0 Å². The number of sulfonamides is 1. The summed E-state index contributed by atoms with van der Waals surface area (Å²) in [4.78, 5) is 10.6. The van der Waals surface area contributed by atoms with Crippen molar-refractivity contribution >= 4 is 21.7 Å². The van der Waals surface area contributed by atoms with E-state index in [1.54, 1.807) is 12.1 Å². The molecule has 1 aliphatic heterocycles. The van der Waals surface area contributed by atoms with Crippen molar-refractivity contribution in [3.8, 4) is 11.5 Å². The predicted molar refractivity (Wildman–Crippen MR) is 74.1 cm³/mol. The van der Waals surface area contributed by atoms with E-state index in [-0.39, 0.29) is 17.3 Å². The molecule has 0 unspecified atom stereocenters. The van der Waals surface area contributed by atoms with Crippen LogP contribution in [0, 0.1) is 0 Å². The molecule has 0 aliphatic carbocycles. The van der Waals surface area contributed by atoms with Gasteiger partial charge < -0.3 is 19.4 Å². The Morgan fingerprint density at radius 2 is 1.73 bits per heavy atom. The SMILES string of the molecule is O=C([O-])c1ccc(S(=O)(=O)Nc2ccc3c(c2)OCO3)cc1. The first-order valence-electron chi connectivity index (χ1n) is 6.19. The lowest BCUT2D eigenvalue weighted by Crippen LogP contribution is -2.22. The van der Waals surface area contributed by atoms with Crippen molar-refractivity contribution in [2.75, 3.05) is 11.5 Å². The van der Waals surface area contributed by atoms with Gasteiger partial charge in [-0.25, -0.2) is 8.42 Å². The van der Waals surface area contributed by atoms with Crippen LogP contribution in [-0.4, -0.2) is 21.2 Å². The van der Waals surface area contributed by atoms with E-state index in [2.05, 4.69) is 4.72 Å². The van der Waals surface area contributed by atoms with E-state index in [1.165, 1.54) is 30.3 Å². The molecule has 1 N–H and O–H groups in total. The Balaban J connectivity index is 1.85. The Kier molecular flexibility index (Phi) is 3.38. The van der Waals surface area contributed by atoms with Crippen LogP contribution >= 0.6 is 0 Å². The summed E-state index contributed by atoms with van der Waals surface area (Å²) in [6.07, 6.45) is 0. The number of aromatic carboxylic acids is 1. The van der Waals surface area contributed by atoms with E-state index < -0.39 is 16.0 Å². The molecule has 2 aromatic rings. The largest absolute Gasteiger partial charge is 0.545 e. The number of carboxylic acids is 1. The molecule has 0 amide bonds. The van der Waals surface area contributed by atoms with Crippen LogP contribution in [0.2, 0.25) is 0 Å². The summed E-state index contributed by atoms with van der Waals surface area (Å²) in [6.45, 7) is 0.0935. The van der Waals surface area contributed by atoms with Gasteiger partial charge in [0.15, 0.2) is 11.5 Å². The molecule has 0 saturated carbocycles. The van der Waals surface area contributed by atoms with E-state index in [0.29, 0.717) is 17.2 Å². The molecule has 3 rings (SSSR count). The predicted octanol–water partition coefficient (Wildman–Crippen LogP) is 0.580. The minimum Gasteiger partial charge on any atom is -0.545 e. The van der Waals surface area contributed by atoms with Crippen molar-refractivity contribution in [3.05, 3.63) is 48.0 Å². The number of fused-ring (bicyclic) bond motifs is 1. The summed E-state index contributed by atoms with van der Waals surface area (Å²) in [7, 11) is -3.83. The normalized spacial score (nSPS) is 12.9. The molecule has 0 bridgehead atoms. The number of carbonyl (C=O) groups excluding carboxylic acids is 1. The summed E-state index contributed by atoms with van der Waals surface area (Å²) < 4.78 is 37.2. The third-order valence-electron chi connectivity index (χ3n) is 3.03. The second kappa shape index (κ2) is 5.23. The fourth-order valence-electron chi connectivity index (χ4n) is 1.94. The van der Waals surface area contributed by atoms with Crippen molar-refractivity contribution in [1.29, 1.82) is 0 Å². The van der Waals surface area contributed by atoms with Crippen LogP contribution in [0.5, 0.6) is 11.5 Å². The van der Waals surface area contributed by atoms with Crippen LogP contribution in [0.15, 0.2) is 47.4 Å². The molecule has 0 spiro atoms. The van der Waals surface area contributed by atoms with Gasteiger partial charge in [0.05, 0.1) is 16.6 Å². The number of carboxylic acid groups (broad SMARTS) is 1. The average molecular weight is 320 g/mol. The van der Waals surface area contributed by atoms with Crippen molar-refractivity contribution in [2.45, 2.75) is 4.90 Å². The lowest BCUT2D eigenvalue weighted by atomic mass is 10.2. The summed E-state index contributed by atoms with van der Waals surface area (Å²) in [6, 6.07) is 9.38. The maximum atomic E-state index is 12.2. The minimum atomic E-state index is -3.83. The fraction of sp³-hybridized carbons (Fsp3) is 0.0714. The third kappa shape index (κ3) is 2.68. The van der Waals surface area contributed by atoms with Gasteiger partial charge in [-0.1, -0.05) is 12.1 Å². The van der Waals surface area contributed by atoms with Gasteiger partial charge in [-0.05, 0) is 29.8 Å². The van der Waals surface area contributed by atoms with Crippen LogP contribution in [0.3, 0.4) is 0 Å². The molecular formula is C14H10NO6S-. The molecule has 0 aromatic heterocycles. The number of hydrogen-bond acceptors (Lipinski definition) is 6. The zero-order chi connectivity index (χ0) is 15.7. The molecule has 2 aromatic carbocycles. The van der Waals surface area contributed by atoms with Crippen LogP contribution in [-0.2, 0) is 10.0 Å². The number of carbonyl (C=O) groups is 1. The van der Waals surface area contributed by atoms with E-state index in [1.807, 2.05) is 0 Å². The average Bonchev–Trinajstić information content (AvgIpc) is 2.94. The lowest BCUT2D eigenvalue weighted by molar-refractivity contribution is -0.255. The Morgan fingerprint density at radius 1 is 1.05 bits per heavy atom. The van der Waals surface area contributed by atoms with E-state index >= 15 is 0 Å². The van der Waals surface area contributed by atoms with Crippen LogP contribution < -0.4 is 19.3 Å². The monoisotopic (exact) mass is 320 g/mol. The topological polar surface area (TPSA) is 105 Å². The van der Waals surface area contributed by atoms with Gasteiger partial charge in [-0.2, -0.15) is 0 Å². The first-order chi connectivity index (χ1) is 10.5. The summed E-state index contributed by atoms with van der Waals surface area (Å²) in [5, 5.41) is 10.7. The smallest absolute Gasteiger partial charge is 0.261 e. The van der Waals surface area contributed by atoms with Crippen molar-refractivity contribution in [1.82, 2.24) is 0 Å². The molecule has 114 valence electrons. The maximum absolute atomic E-state index is 12.2. The number of nitrogens with one attached hydrogen (secondary N) is 1. The van der Waals surface area contributed by atoms with Crippen LogP contribution in [0.4, 0.5) is 5.69 Å². The number of anilines is 1. The third-order valence-corrected chi connectivity index (χ3v) is 4.42. The zero-order valence-electron chi connectivity index (χ0n) is 11.1. The number of benzene rings is 2. The molecule has 22 heavy (non-hydrogen) atoms.